The molecule has 128 valence electrons. The lowest BCUT2D eigenvalue weighted by molar-refractivity contribution is -0.137. The van der Waals surface area contributed by atoms with Gasteiger partial charge in [0.2, 0.25) is 0 Å². The molecule has 0 aliphatic carbocycles. The largest absolute Gasteiger partial charge is 0.492 e. The zero-order valence-corrected chi connectivity index (χ0v) is 13.8. The molecule has 5 heteroatoms. The molecular formula is C20H20N2O3. The Morgan fingerprint density at radius 2 is 1.80 bits per heavy atom. The highest BCUT2D eigenvalue weighted by Crippen LogP contribution is 2.24. The minimum atomic E-state index is -0.744. The summed E-state index contributed by atoms with van der Waals surface area (Å²) in [5.41, 5.74) is 2.77. The summed E-state index contributed by atoms with van der Waals surface area (Å²) < 4.78 is 5.82. The third-order valence-corrected chi connectivity index (χ3v) is 4.43. The number of ether oxygens (including phenoxy) is 1. The average Bonchev–Trinajstić information content (AvgIpc) is 3.07. The van der Waals surface area contributed by atoms with Crippen LogP contribution in [-0.4, -0.2) is 30.3 Å². The quantitative estimate of drug-likeness (QED) is 0.847. The molecule has 0 aromatic heterocycles. The predicted octanol–water partition coefficient (Wildman–Crippen LogP) is 3.06. The number of nitrogens with zero attached hydrogens (tertiary/aromatic N) is 1. The first kappa shape index (κ1) is 17.0. The van der Waals surface area contributed by atoms with Crippen molar-refractivity contribution in [3.63, 3.8) is 0 Å². The summed E-state index contributed by atoms with van der Waals surface area (Å²) in [6.45, 7) is 1.27. The Balaban J connectivity index is 1.53. The van der Waals surface area contributed by atoms with Crippen molar-refractivity contribution in [3.05, 3.63) is 54.1 Å². The molecular weight excluding hydrogens is 316 g/mol. The third-order valence-electron chi connectivity index (χ3n) is 4.43. The number of hydrogen-bond acceptors (Lipinski definition) is 4. The molecule has 25 heavy (non-hydrogen) atoms. The van der Waals surface area contributed by atoms with Crippen molar-refractivity contribution in [2.24, 2.45) is 5.92 Å². The standard InChI is InChI=1S/C20H20N2O3/c21-11-14-1-3-16(4-2-14)17-5-7-19(8-6-17)25-13-18-9-15(12-22-18)10-20(23)24/h1-8,15,18,22H,9-10,12-13H2,(H,23,24). The second-order valence-corrected chi connectivity index (χ2v) is 6.33. The summed E-state index contributed by atoms with van der Waals surface area (Å²) in [4.78, 5) is 10.8. The van der Waals surface area contributed by atoms with E-state index in [1.165, 1.54) is 0 Å². The summed E-state index contributed by atoms with van der Waals surface area (Å²) in [7, 11) is 0. The molecule has 2 atom stereocenters. The fourth-order valence-electron chi connectivity index (χ4n) is 3.11. The van der Waals surface area contributed by atoms with Gasteiger partial charge >= 0.3 is 5.97 Å². The van der Waals surface area contributed by atoms with Crippen LogP contribution in [0.4, 0.5) is 0 Å². The Hall–Kier alpha value is -2.84. The van der Waals surface area contributed by atoms with Gasteiger partial charge in [-0.1, -0.05) is 24.3 Å². The Morgan fingerprint density at radius 3 is 2.40 bits per heavy atom. The third kappa shape index (κ3) is 4.59. The van der Waals surface area contributed by atoms with Crippen molar-refractivity contribution < 1.29 is 14.6 Å². The molecule has 1 heterocycles. The lowest BCUT2D eigenvalue weighted by Gasteiger charge is -2.13. The molecule has 3 rings (SSSR count). The van der Waals surface area contributed by atoms with E-state index in [4.69, 9.17) is 15.1 Å². The van der Waals surface area contributed by atoms with Crippen molar-refractivity contribution in [3.8, 4) is 22.9 Å². The molecule has 5 nitrogen and oxygen atoms in total. The van der Waals surface area contributed by atoms with Crippen LogP contribution in [0, 0.1) is 17.2 Å². The molecule has 1 aliphatic heterocycles. The van der Waals surface area contributed by atoms with Crippen molar-refractivity contribution in [1.29, 1.82) is 5.26 Å². The molecule has 0 radical (unpaired) electrons. The lowest BCUT2D eigenvalue weighted by atomic mass is 10.0. The molecule has 0 bridgehead atoms. The maximum Gasteiger partial charge on any atom is 0.303 e. The lowest BCUT2D eigenvalue weighted by Crippen LogP contribution is -2.28. The number of aliphatic carboxylic acids is 1. The highest BCUT2D eigenvalue weighted by Gasteiger charge is 2.26. The van der Waals surface area contributed by atoms with E-state index in [-0.39, 0.29) is 18.4 Å². The van der Waals surface area contributed by atoms with E-state index in [1.54, 1.807) is 12.1 Å². The van der Waals surface area contributed by atoms with Gasteiger partial charge in [-0.15, -0.1) is 0 Å². The smallest absolute Gasteiger partial charge is 0.303 e. The Labute approximate surface area is 146 Å². The minimum absolute atomic E-state index is 0.185. The van der Waals surface area contributed by atoms with Gasteiger partial charge in [0.1, 0.15) is 12.4 Å². The van der Waals surface area contributed by atoms with Gasteiger partial charge in [-0.05, 0) is 54.3 Å². The second-order valence-electron chi connectivity index (χ2n) is 6.33. The van der Waals surface area contributed by atoms with Gasteiger partial charge in [0.25, 0.3) is 0 Å². The monoisotopic (exact) mass is 336 g/mol. The molecule has 0 amide bonds. The van der Waals surface area contributed by atoms with E-state index in [0.717, 1.165) is 29.8 Å². The van der Waals surface area contributed by atoms with E-state index < -0.39 is 5.97 Å². The predicted molar refractivity (Wildman–Crippen MR) is 94.2 cm³/mol. The normalized spacial score (nSPS) is 19.3. The van der Waals surface area contributed by atoms with E-state index in [2.05, 4.69) is 11.4 Å². The van der Waals surface area contributed by atoms with Crippen LogP contribution in [0.1, 0.15) is 18.4 Å². The molecule has 1 fully saturated rings. The summed E-state index contributed by atoms with van der Waals surface area (Å²) in [6.07, 6.45) is 1.04. The molecule has 0 saturated carbocycles. The van der Waals surface area contributed by atoms with Crippen LogP contribution in [0.25, 0.3) is 11.1 Å². The summed E-state index contributed by atoms with van der Waals surface area (Å²) in [5, 5.41) is 21.0. The number of carboxylic acids is 1. The fourth-order valence-corrected chi connectivity index (χ4v) is 3.11. The van der Waals surface area contributed by atoms with Gasteiger partial charge < -0.3 is 15.2 Å². The van der Waals surface area contributed by atoms with Crippen molar-refractivity contribution in [2.75, 3.05) is 13.2 Å². The van der Waals surface area contributed by atoms with Crippen molar-refractivity contribution in [1.82, 2.24) is 5.32 Å². The number of nitrogens with one attached hydrogen (secondary N) is 1. The van der Waals surface area contributed by atoms with Gasteiger partial charge in [-0.3, -0.25) is 4.79 Å². The van der Waals surface area contributed by atoms with E-state index >= 15 is 0 Å². The molecule has 2 N–H and O–H groups in total. The summed E-state index contributed by atoms with van der Waals surface area (Å²) in [6, 6.07) is 17.6. The highest BCUT2D eigenvalue weighted by molar-refractivity contribution is 5.67. The molecule has 2 unspecified atom stereocenters. The first-order chi connectivity index (χ1) is 12.1. The Bertz CT molecular complexity index is 763. The number of nitriles is 1. The number of rotatable bonds is 6. The van der Waals surface area contributed by atoms with Gasteiger partial charge in [0.05, 0.1) is 11.6 Å². The summed E-state index contributed by atoms with van der Waals surface area (Å²) >= 11 is 0. The number of carboxylic acid groups (broad SMARTS) is 1. The van der Waals surface area contributed by atoms with Crippen LogP contribution in [0.2, 0.25) is 0 Å². The number of carbonyl (C=O) groups is 1. The SMILES string of the molecule is N#Cc1ccc(-c2ccc(OCC3CC(CC(=O)O)CN3)cc2)cc1. The van der Waals surface area contributed by atoms with Crippen LogP contribution < -0.4 is 10.1 Å². The molecule has 0 spiro atoms. The Morgan fingerprint density at radius 1 is 1.16 bits per heavy atom. The van der Waals surface area contributed by atoms with Gasteiger partial charge in [-0.25, -0.2) is 0 Å². The van der Waals surface area contributed by atoms with Crippen LogP contribution in [-0.2, 0) is 4.79 Å². The van der Waals surface area contributed by atoms with E-state index in [1.807, 2.05) is 36.4 Å². The highest BCUT2D eigenvalue weighted by atomic mass is 16.5. The van der Waals surface area contributed by atoms with Gasteiger partial charge in [0, 0.05) is 12.5 Å². The van der Waals surface area contributed by atoms with Crippen LogP contribution in [0.3, 0.4) is 0 Å². The van der Waals surface area contributed by atoms with Crippen LogP contribution in [0.15, 0.2) is 48.5 Å². The summed E-state index contributed by atoms with van der Waals surface area (Å²) in [5.74, 6) is 0.234. The maximum absolute atomic E-state index is 10.8. The Kier molecular flexibility index (Phi) is 5.32. The molecule has 2 aromatic rings. The first-order valence-corrected chi connectivity index (χ1v) is 8.32. The first-order valence-electron chi connectivity index (χ1n) is 8.32. The molecule has 1 saturated heterocycles. The van der Waals surface area contributed by atoms with Crippen molar-refractivity contribution in [2.45, 2.75) is 18.9 Å². The average molecular weight is 336 g/mol. The van der Waals surface area contributed by atoms with Gasteiger partial charge in [-0.2, -0.15) is 5.26 Å². The van der Waals surface area contributed by atoms with Crippen LogP contribution >= 0.6 is 0 Å². The topological polar surface area (TPSA) is 82.3 Å². The zero-order chi connectivity index (χ0) is 17.6. The van der Waals surface area contributed by atoms with E-state index in [0.29, 0.717) is 12.2 Å². The molecule has 2 aromatic carbocycles. The maximum atomic E-state index is 10.8. The van der Waals surface area contributed by atoms with Crippen molar-refractivity contribution >= 4 is 5.97 Å². The van der Waals surface area contributed by atoms with Crippen LogP contribution in [0.5, 0.6) is 5.75 Å². The number of benzene rings is 2. The second kappa shape index (κ2) is 7.82. The zero-order valence-electron chi connectivity index (χ0n) is 13.8. The fraction of sp³-hybridized carbons (Fsp3) is 0.300. The minimum Gasteiger partial charge on any atom is -0.492 e. The van der Waals surface area contributed by atoms with Gasteiger partial charge in [0.15, 0.2) is 0 Å². The van der Waals surface area contributed by atoms with E-state index in [9.17, 15) is 4.79 Å². The molecule has 1 aliphatic rings. The number of hydrogen-bond donors (Lipinski definition) is 2.